The number of thiocarbonyl (C=S) groups is 1. The third kappa shape index (κ3) is 3.15. The molecule has 2 aliphatic rings. The molecule has 9 heteroatoms. The molecule has 5 nitrogen and oxygen atoms in total. The molecule has 0 unspecified atom stereocenters. The molecule has 28 heavy (non-hydrogen) atoms. The lowest BCUT2D eigenvalue weighted by atomic mass is 9.80. The number of rotatable bonds is 2. The summed E-state index contributed by atoms with van der Waals surface area (Å²) in [5.74, 6) is -0.645. The van der Waals surface area contributed by atoms with E-state index in [1.807, 2.05) is 18.2 Å². The normalized spacial score (nSPS) is 25.6. The van der Waals surface area contributed by atoms with Gasteiger partial charge in [-0.05, 0) is 43.4 Å². The van der Waals surface area contributed by atoms with Crippen molar-refractivity contribution in [1.82, 2.24) is 10.6 Å². The maximum Gasteiger partial charge on any atom is 0.416 e. The largest absolute Gasteiger partial charge is 0.467 e. The SMILES string of the molecule is C[C@]12NC(=S)N[C@H](c3ccccc3O1)[C@@H]2C(=O)Nc1cccc(C(F)(F)F)c1. The van der Waals surface area contributed by atoms with Crippen LogP contribution in [-0.2, 0) is 11.0 Å². The number of carbonyl (C=O) groups is 1. The van der Waals surface area contributed by atoms with E-state index in [9.17, 15) is 18.0 Å². The average Bonchev–Trinajstić information content (AvgIpc) is 2.60. The van der Waals surface area contributed by atoms with E-state index in [0.717, 1.165) is 17.7 Å². The Labute approximate surface area is 164 Å². The minimum absolute atomic E-state index is 0.0583. The summed E-state index contributed by atoms with van der Waals surface area (Å²) >= 11 is 5.23. The third-order valence-corrected chi connectivity index (χ3v) is 5.11. The molecule has 1 fully saturated rings. The maximum absolute atomic E-state index is 13.1. The van der Waals surface area contributed by atoms with E-state index < -0.39 is 35.3 Å². The van der Waals surface area contributed by atoms with E-state index >= 15 is 0 Å². The fourth-order valence-corrected chi connectivity index (χ4v) is 4.01. The van der Waals surface area contributed by atoms with E-state index in [1.54, 1.807) is 13.0 Å². The second-order valence-electron chi connectivity index (χ2n) is 6.87. The van der Waals surface area contributed by atoms with Gasteiger partial charge in [0.1, 0.15) is 11.7 Å². The van der Waals surface area contributed by atoms with Gasteiger partial charge in [-0.2, -0.15) is 13.2 Å². The topological polar surface area (TPSA) is 62.4 Å². The van der Waals surface area contributed by atoms with Crippen LogP contribution < -0.4 is 20.7 Å². The van der Waals surface area contributed by atoms with Crippen molar-refractivity contribution in [1.29, 1.82) is 0 Å². The highest BCUT2D eigenvalue weighted by atomic mass is 32.1. The summed E-state index contributed by atoms with van der Waals surface area (Å²) in [6.45, 7) is 1.69. The van der Waals surface area contributed by atoms with Crippen LogP contribution in [0.5, 0.6) is 5.75 Å². The van der Waals surface area contributed by atoms with Crippen LogP contribution in [0.25, 0.3) is 0 Å². The van der Waals surface area contributed by atoms with Gasteiger partial charge in [0.2, 0.25) is 5.91 Å². The molecular formula is C19H16F3N3O2S. The molecule has 1 amide bonds. The first kappa shape index (κ1) is 18.5. The van der Waals surface area contributed by atoms with Crippen molar-refractivity contribution in [3.05, 3.63) is 59.7 Å². The van der Waals surface area contributed by atoms with Crippen molar-refractivity contribution in [3.63, 3.8) is 0 Å². The summed E-state index contributed by atoms with van der Waals surface area (Å²) in [4.78, 5) is 13.1. The first-order chi connectivity index (χ1) is 13.2. The van der Waals surface area contributed by atoms with Crippen molar-refractivity contribution in [3.8, 4) is 5.75 Å². The van der Waals surface area contributed by atoms with E-state index in [1.165, 1.54) is 12.1 Å². The smallest absolute Gasteiger partial charge is 0.416 e. The molecule has 3 atom stereocenters. The zero-order valence-electron chi connectivity index (χ0n) is 14.6. The molecule has 2 aliphatic heterocycles. The highest BCUT2D eigenvalue weighted by Gasteiger charge is 2.54. The Morgan fingerprint density at radius 2 is 1.96 bits per heavy atom. The van der Waals surface area contributed by atoms with Gasteiger partial charge in [-0.1, -0.05) is 24.3 Å². The van der Waals surface area contributed by atoms with Crippen LogP contribution in [0.15, 0.2) is 48.5 Å². The molecule has 146 valence electrons. The van der Waals surface area contributed by atoms with Gasteiger partial charge in [0.15, 0.2) is 10.8 Å². The van der Waals surface area contributed by atoms with E-state index in [4.69, 9.17) is 17.0 Å². The Bertz CT molecular complexity index is 965. The molecular weight excluding hydrogens is 391 g/mol. The number of anilines is 1. The van der Waals surface area contributed by atoms with Crippen LogP contribution in [0, 0.1) is 5.92 Å². The lowest BCUT2D eigenvalue weighted by Gasteiger charge is -2.50. The Hall–Kier alpha value is -2.81. The predicted molar refractivity (Wildman–Crippen MR) is 101 cm³/mol. The first-order valence-electron chi connectivity index (χ1n) is 8.52. The quantitative estimate of drug-likeness (QED) is 0.665. The molecule has 0 aromatic heterocycles. The highest BCUT2D eigenvalue weighted by Crippen LogP contribution is 2.45. The van der Waals surface area contributed by atoms with Gasteiger partial charge in [0, 0.05) is 11.3 Å². The number of fused-ring (bicyclic) bond motifs is 4. The molecule has 2 aromatic rings. The molecule has 2 aromatic carbocycles. The zero-order chi connectivity index (χ0) is 20.1. The van der Waals surface area contributed by atoms with Gasteiger partial charge in [-0.25, -0.2) is 0 Å². The molecule has 0 radical (unpaired) electrons. The Morgan fingerprint density at radius 1 is 1.21 bits per heavy atom. The standard InChI is InChI=1S/C19H16F3N3O2S/c1-18-14(16(26)23-11-6-4-5-10(9-11)19(20,21)22)15(24-17(28)25-18)12-7-2-3-8-13(12)27-18/h2-9,14-15H,1H3,(H,23,26)(H2,24,25,28)/t14-,15-,18+/m1/s1. The molecule has 1 saturated heterocycles. The molecule has 0 saturated carbocycles. The van der Waals surface area contributed by atoms with Gasteiger partial charge in [-0.15, -0.1) is 0 Å². The molecule has 0 spiro atoms. The molecule has 3 N–H and O–H groups in total. The van der Waals surface area contributed by atoms with Crippen LogP contribution in [0.2, 0.25) is 0 Å². The van der Waals surface area contributed by atoms with E-state index in [2.05, 4.69) is 16.0 Å². The molecule has 0 aliphatic carbocycles. The number of ether oxygens (including phenoxy) is 1. The number of para-hydroxylation sites is 1. The highest BCUT2D eigenvalue weighted by molar-refractivity contribution is 7.80. The Morgan fingerprint density at radius 3 is 2.71 bits per heavy atom. The lowest BCUT2D eigenvalue weighted by Crippen LogP contribution is -2.70. The summed E-state index contributed by atoms with van der Waals surface area (Å²) in [6, 6.07) is 11.3. The van der Waals surface area contributed by atoms with Crippen molar-refractivity contribution in [2.24, 2.45) is 5.92 Å². The summed E-state index contributed by atoms with van der Waals surface area (Å²) in [6.07, 6.45) is -4.49. The van der Waals surface area contributed by atoms with Crippen molar-refractivity contribution >= 4 is 28.9 Å². The van der Waals surface area contributed by atoms with Crippen LogP contribution in [-0.4, -0.2) is 16.7 Å². The van der Waals surface area contributed by atoms with Gasteiger partial charge in [0.25, 0.3) is 0 Å². The summed E-state index contributed by atoms with van der Waals surface area (Å²) in [5.41, 5.74) is -1.16. The minimum Gasteiger partial charge on any atom is -0.467 e. The van der Waals surface area contributed by atoms with Crippen molar-refractivity contribution < 1.29 is 22.7 Å². The molecule has 2 heterocycles. The van der Waals surface area contributed by atoms with Crippen LogP contribution in [0.4, 0.5) is 18.9 Å². The van der Waals surface area contributed by atoms with Gasteiger partial charge in [0.05, 0.1) is 11.6 Å². The van der Waals surface area contributed by atoms with Crippen molar-refractivity contribution in [2.75, 3.05) is 5.32 Å². The fraction of sp³-hybridized carbons (Fsp3) is 0.263. The number of halogens is 3. The van der Waals surface area contributed by atoms with Crippen LogP contribution in [0.1, 0.15) is 24.1 Å². The lowest BCUT2D eigenvalue weighted by molar-refractivity contribution is -0.138. The number of nitrogens with one attached hydrogen (secondary N) is 3. The van der Waals surface area contributed by atoms with Gasteiger partial charge >= 0.3 is 6.18 Å². The van der Waals surface area contributed by atoms with Crippen LogP contribution >= 0.6 is 12.2 Å². The number of hydrogen-bond acceptors (Lipinski definition) is 3. The summed E-state index contributed by atoms with van der Waals surface area (Å²) < 4.78 is 44.9. The van der Waals surface area contributed by atoms with E-state index in [-0.39, 0.29) is 5.69 Å². The monoisotopic (exact) mass is 407 g/mol. The Balaban J connectivity index is 1.67. The van der Waals surface area contributed by atoms with Gasteiger partial charge < -0.3 is 20.7 Å². The van der Waals surface area contributed by atoms with Crippen molar-refractivity contribution in [2.45, 2.75) is 24.9 Å². The van der Waals surface area contributed by atoms with E-state index in [0.29, 0.717) is 10.9 Å². The third-order valence-electron chi connectivity index (χ3n) is 4.89. The average molecular weight is 407 g/mol. The maximum atomic E-state index is 13.1. The minimum atomic E-state index is -4.49. The molecule has 2 bridgehead atoms. The first-order valence-corrected chi connectivity index (χ1v) is 8.93. The number of hydrogen-bond donors (Lipinski definition) is 3. The van der Waals surface area contributed by atoms with Crippen LogP contribution in [0.3, 0.4) is 0 Å². The predicted octanol–water partition coefficient (Wildman–Crippen LogP) is 3.59. The zero-order valence-corrected chi connectivity index (χ0v) is 15.4. The second-order valence-corrected chi connectivity index (χ2v) is 7.28. The number of alkyl halides is 3. The fourth-order valence-electron chi connectivity index (χ4n) is 3.68. The molecule has 4 rings (SSSR count). The van der Waals surface area contributed by atoms with Gasteiger partial charge in [-0.3, -0.25) is 4.79 Å². The second kappa shape index (κ2) is 6.37. The number of carbonyl (C=O) groups excluding carboxylic acids is 1. The summed E-state index contributed by atoms with van der Waals surface area (Å²) in [7, 11) is 0. The Kier molecular flexibility index (Phi) is 4.22. The number of benzene rings is 2. The summed E-state index contributed by atoms with van der Waals surface area (Å²) in [5, 5.41) is 8.98. The number of amides is 1.